The first kappa shape index (κ1) is 14.5. The van der Waals surface area contributed by atoms with Crippen LogP contribution in [0.3, 0.4) is 0 Å². The topological polar surface area (TPSA) is 55.8 Å². The lowest BCUT2D eigenvalue weighted by Crippen LogP contribution is -2.30. The summed E-state index contributed by atoms with van der Waals surface area (Å²) in [7, 11) is 1.48. The SMILES string of the molecule is CCC(C)OC(=O)C(Cc1cccc(O)c1)OC. The smallest absolute Gasteiger partial charge is 0.335 e. The minimum absolute atomic E-state index is 0.112. The highest BCUT2D eigenvalue weighted by molar-refractivity contribution is 5.75. The molecule has 0 aromatic heterocycles. The van der Waals surface area contributed by atoms with Crippen LogP contribution in [-0.2, 0) is 20.7 Å². The van der Waals surface area contributed by atoms with E-state index in [-0.39, 0.29) is 17.8 Å². The molecule has 0 aliphatic rings. The van der Waals surface area contributed by atoms with Crippen LogP contribution in [0.25, 0.3) is 0 Å². The monoisotopic (exact) mass is 252 g/mol. The van der Waals surface area contributed by atoms with E-state index in [0.717, 1.165) is 12.0 Å². The van der Waals surface area contributed by atoms with Crippen LogP contribution < -0.4 is 0 Å². The Morgan fingerprint density at radius 2 is 2.17 bits per heavy atom. The number of carbonyl (C=O) groups excluding carboxylic acids is 1. The van der Waals surface area contributed by atoms with Gasteiger partial charge in [-0.2, -0.15) is 0 Å². The van der Waals surface area contributed by atoms with Crippen LogP contribution in [0.5, 0.6) is 5.75 Å². The van der Waals surface area contributed by atoms with E-state index in [4.69, 9.17) is 9.47 Å². The Morgan fingerprint density at radius 1 is 1.44 bits per heavy atom. The Balaban J connectivity index is 2.64. The van der Waals surface area contributed by atoms with Gasteiger partial charge in [-0.25, -0.2) is 4.79 Å². The first-order chi connectivity index (χ1) is 8.56. The minimum atomic E-state index is -0.638. The molecule has 0 fully saturated rings. The van der Waals surface area contributed by atoms with Crippen molar-refractivity contribution in [2.75, 3.05) is 7.11 Å². The van der Waals surface area contributed by atoms with Crippen LogP contribution in [0.15, 0.2) is 24.3 Å². The number of hydrogen-bond acceptors (Lipinski definition) is 4. The van der Waals surface area contributed by atoms with Crippen molar-refractivity contribution in [1.29, 1.82) is 0 Å². The molecule has 0 aliphatic heterocycles. The van der Waals surface area contributed by atoms with Crippen molar-refractivity contribution in [3.8, 4) is 5.75 Å². The molecule has 0 radical (unpaired) electrons. The Bertz CT molecular complexity index is 389. The molecule has 1 rings (SSSR count). The molecule has 0 bridgehead atoms. The summed E-state index contributed by atoms with van der Waals surface area (Å²) < 4.78 is 10.4. The minimum Gasteiger partial charge on any atom is -0.508 e. The van der Waals surface area contributed by atoms with E-state index in [0.29, 0.717) is 6.42 Å². The molecule has 100 valence electrons. The number of ether oxygens (including phenoxy) is 2. The maximum atomic E-state index is 11.8. The maximum Gasteiger partial charge on any atom is 0.335 e. The zero-order chi connectivity index (χ0) is 13.5. The van der Waals surface area contributed by atoms with E-state index < -0.39 is 6.10 Å². The van der Waals surface area contributed by atoms with Crippen LogP contribution in [0.4, 0.5) is 0 Å². The Hall–Kier alpha value is -1.55. The van der Waals surface area contributed by atoms with Gasteiger partial charge in [-0.05, 0) is 31.0 Å². The predicted octanol–water partition coefficient (Wildman–Crippen LogP) is 2.29. The molecule has 0 saturated heterocycles. The van der Waals surface area contributed by atoms with E-state index in [1.165, 1.54) is 7.11 Å². The predicted molar refractivity (Wildman–Crippen MR) is 68.5 cm³/mol. The highest BCUT2D eigenvalue weighted by Crippen LogP contribution is 2.14. The van der Waals surface area contributed by atoms with E-state index in [1.54, 1.807) is 18.2 Å². The molecule has 1 N–H and O–H groups in total. The molecular formula is C14H20O4. The summed E-state index contributed by atoms with van der Waals surface area (Å²) in [5, 5.41) is 9.36. The van der Waals surface area contributed by atoms with E-state index in [9.17, 15) is 9.90 Å². The summed E-state index contributed by atoms with van der Waals surface area (Å²) >= 11 is 0. The third kappa shape index (κ3) is 4.37. The van der Waals surface area contributed by atoms with E-state index in [1.807, 2.05) is 19.9 Å². The second-order valence-electron chi connectivity index (χ2n) is 4.25. The Morgan fingerprint density at radius 3 is 2.72 bits per heavy atom. The molecule has 4 heteroatoms. The van der Waals surface area contributed by atoms with Gasteiger partial charge in [0.25, 0.3) is 0 Å². The quantitative estimate of drug-likeness (QED) is 0.789. The molecular weight excluding hydrogens is 232 g/mol. The van der Waals surface area contributed by atoms with Crippen molar-refractivity contribution in [2.24, 2.45) is 0 Å². The van der Waals surface area contributed by atoms with Crippen molar-refractivity contribution >= 4 is 5.97 Å². The zero-order valence-corrected chi connectivity index (χ0v) is 11.1. The number of benzene rings is 1. The van der Waals surface area contributed by atoms with Gasteiger partial charge in [0.15, 0.2) is 6.10 Å². The molecule has 1 aromatic rings. The fraction of sp³-hybridized carbons (Fsp3) is 0.500. The number of phenolic OH excluding ortho intramolecular Hbond substituents is 1. The summed E-state index contributed by atoms with van der Waals surface area (Å²) in [4.78, 5) is 11.8. The van der Waals surface area contributed by atoms with Gasteiger partial charge in [-0.1, -0.05) is 19.1 Å². The molecule has 1 aromatic carbocycles. The first-order valence-corrected chi connectivity index (χ1v) is 6.08. The molecule has 2 atom stereocenters. The molecule has 0 amide bonds. The number of carbonyl (C=O) groups is 1. The van der Waals surface area contributed by atoms with Crippen LogP contribution in [0, 0.1) is 0 Å². The van der Waals surface area contributed by atoms with Gasteiger partial charge in [-0.3, -0.25) is 0 Å². The van der Waals surface area contributed by atoms with Crippen LogP contribution in [-0.4, -0.2) is 30.4 Å². The van der Waals surface area contributed by atoms with E-state index in [2.05, 4.69) is 0 Å². The van der Waals surface area contributed by atoms with Gasteiger partial charge in [0, 0.05) is 13.5 Å². The van der Waals surface area contributed by atoms with E-state index >= 15 is 0 Å². The molecule has 18 heavy (non-hydrogen) atoms. The molecule has 0 heterocycles. The van der Waals surface area contributed by atoms with Crippen LogP contribution in [0.1, 0.15) is 25.8 Å². The largest absolute Gasteiger partial charge is 0.508 e. The second kappa shape index (κ2) is 7.01. The number of methoxy groups -OCH3 is 1. The van der Waals surface area contributed by atoms with Crippen molar-refractivity contribution in [1.82, 2.24) is 0 Å². The fourth-order valence-corrected chi connectivity index (χ4v) is 1.52. The van der Waals surface area contributed by atoms with Crippen molar-refractivity contribution in [3.05, 3.63) is 29.8 Å². The summed E-state index contributed by atoms with van der Waals surface area (Å²) in [6.07, 6.45) is 0.411. The van der Waals surface area contributed by atoms with Crippen molar-refractivity contribution < 1.29 is 19.4 Å². The molecule has 0 aliphatic carbocycles. The number of rotatable bonds is 6. The highest BCUT2D eigenvalue weighted by Gasteiger charge is 2.21. The molecule has 4 nitrogen and oxygen atoms in total. The third-order valence-corrected chi connectivity index (χ3v) is 2.77. The summed E-state index contributed by atoms with van der Waals surface area (Å²) in [6.45, 7) is 3.80. The van der Waals surface area contributed by atoms with Gasteiger partial charge >= 0.3 is 5.97 Å². The van der Waals surface area contributed by atoms with Gasteiger partial charge in [0.2, 0.25) is 0 Å². The van der Waals surface area contributed by atoms with Gasteiger partial charge in [0.1, 0.15) is 5.75 Å². The lowest BCUT2D eigenvalue weighted by molar-refractivity contribution is -0.160. The molecule has 2 unspecified atom stereocenters. The fourth-order valence-electron chi connectivity index (χ4n) is 1.52. The van der Waals surface area contributed by atoms with Gasteiger partial charge < -0.3 is 14.6 Å². The number of hydrogen-bond donors (Lipinski definition) is 1. The van der Waals surface area contributed by atoms with Crippen molar-refractivity contribution in [2.45, 2.75) is 38.9 Å². The highest BCUT2D eigenvalue weighted by atomic mass is 16.6. The lowest BCUT2D eigenvalue weighted by atomic mass is 10.1. The van der Waals surface area contributed by atoms with Crippen LogP contribution >= 0.6 is 0 Å². The summed E-state index contributed by atoms with van der Waals surface area (Å²) in [6, 6.07) is 6.77. The summed E-state index contributed by atoms with van der Waals surface area (Å²) in [5.41, 5.74) is 0.836. The third-order valence-electron chi connectivity index (χ3n) is 2.77. The Labute approximate surface area is 108 Å². The number of aromatic hydroxyl groups is 1. The second-order valence-corrected chi connectivity index (χ2v) is 4.25. The zero-order valence-electron chi connectivity index (χ0n) is 11.1. The van der Waals surface area contributed by atoms with Gasteiger partial charge in [-0.15, -0.1) is 0 Å². The van der Waals surface area contributed by atoms with Crippen LogP contribution in [0.2, 0.25) is 0 Å². The Kier molecular flexibility index (Phi) is 5.65. The number of esters is 1. The number of phenols is 1. The summed E-state index contributed by atoms with van der Waals surface area (Å²) in [5.74, 6) is -0.187. The first-order valence-electron chi connectivity index (χ1n) is 6.08. The average Bonchev–Trinajstić information content (AvgIpc) is 2.35. The average molecular weight is 252 g/mol. The standard InChI is InChI=1S/C14H20O4/c1-4-10(2)18-14(16)13(17-3)9-11-6-5-7-12(15)8-11/h5-8,10,13,15H,4,9H2,1-3H3. The lowest BCUT2D eigenvalue weighted by Gasteiger charge is -2.17. The van der Waals surface area contributed by atoms with Crippen molar-refractivity contribution in [3.63, 3.8) is 0 Å². The maximum absolute atomic E-state index is 11.8. The normalized spacial score (nSPS) is 13.9. The molecule has 0 spiro atoms. The van der Waals surface area contributed by atoms with Gasteiger partial charge in [0.05, 0.1) is 6.10 Å². The molecule has 0 saturated carbocycles.